The third-order valence-corrected chi connectivity index (χ3v) is 8.79. The molecule has 0 atom stereocenters. The largest absolute Gasteiger partial charge is 0.488 e. The smallest absolute Gasteiger partial charge is 0.135 e. The monoisotopic (exact) mass is 508 g/mol. The molecule has 0 aliphatic carbocycles. The van der Waals surface area contributed by atoms with Crippen molar-refractivity contribution in [3.8, 4) is 39.5 Å². The molecule has 2 heterocycles. The van der Waals surface area contributed by atoms with E-state index in [1.807, 2.05) is 0 Å². The van der Waals surface area contributed by atoms with Crippen molar-refractivity contribution in [3.05, 3.63) is 89.5 Å². The Labute approximate surface area is 229 Å². The molecule has 0 unspecified atom stereocenters. The standard InChI is InChI=1S/C37H32O2/c1-36(2,3)23-10-12-25-27-15-21-9-14-29-35-28(26-13-11-24(37(4,5)6)18-31(26)39-29)16-20-7-8-22(19-38-30(25)17-23)32(27)33(20)34(21)35/h7-18H,19H2,1-6H3. The first-order valence-corrected chi connectivity index (χ1v) is 14.0. The zero-order chi connectivity index (χ0) is 26.8. The average molecular weight is 509 g/mol. The maximum atomic E-state index is 6.63. The lowest BCUT2D eigenvalue weighted by Gasteiger charge is -2.27. The molecule has 0 spiro atoms. The van der Waals surface area contributed by atoms with E-state index in [9.17, 15) is 0 Å². The second-order valence-electron chi connectivity index (χ2n) is 13.4. The fourth-order valence-corrected chi connectivity index (χ4v) is 6.60. The van der Waals surface area contributed by atoms with Crippen LogP contribution in [0.15, 0.2) is 72.8 Å². The molecule has 0 bridgehead atoms. The maximum absolute atomic E-state index is 6.63. The van der Waals surface area contributed by atoms with Gasteiger partial charge in [-0.05, 0) is 90.5 Å². The number of hydrogen-bond acceptors (Lipinski definition) is 2. The Balaban J connectivity index is 1.45. The van der Waals surface area contributed by atoms with E-state index in [4.69, 9.17) is 9.47 Å². The molecule has 6 aromatic rings. The van der Waals surface area contributed by atoms with Gasteiger partial charge in [0.25, 0.3) is 0 Å². The maximum Gasteiger partial charge on any atom is 0.135 e. The zero-order valence-electron chi connectivity index (χ0n) is 23.5. The number of fused-ring (bicyclic) bond motifs is 4. The molecule has 2 nitrogen and oxygen atoms in total. The number of hydrogen-bond donors (Lipinski definition) is 0. The van der Waals surface area contributed by atoms with Gasteiger partial charge in [0, 0.05) is 21.9 Å². The predicted octanol–water partition coefficient (Wildman–Crippen LogP) is 10.5. The molecule has 39 heavy (non-hydrogen) atoms. The lowest BCUT2D eigenvalue weighted by atomic mass is 9.81. The highest BCUT2D eigenvalue weighted by Gasteiger charge is 2.28. The van der Waals surface area contributed by atoms with Gasteiger partial charge in [0.1, 0.15) is 23.9 Å². The van der Waals surface area contributed by atoms with Crippen LogP contribution in [0.25, 0.3) is 54.6 Å². The van der Waals surface area contributed by atoms with Crippen LogP contribution in [0.2, 0.25) is 0 Å². The highest BCUT2D eigenvalue weighted by Crippen LogP contribution is 2.54. The summed E-state index contributed by atoms with van der Waals surface area (Å²) in [6.07, 6.45) is 0. The summed E-state index contributed by atoms with van der Waals surface area (Å²) in [6, 6.07) is 27.2. The summed E-state index contributed by atoms with van der Waals surface area (Å²) in [7, 11) is 0. The van der Waals surface area contributed by atoms with Crippen LogP contribution < -0.4 is 9.47 Å². The van der Waals surface area contributed by atoms with Gasteiger partial charge in [-0.25, -0.2) is 0 Å². The Kier molecular flexibility index (Phi) is 4.30. The summed E-state index contributed by atoms with van der Waals surface area (Å²) in [5.74, 6) is 2.86. The van der Waals surface area contributed by atoms with Crippen molar-refractivity contribution in [1.82, 2.24) is 0 Å². The van der Waals surface area contributed by atoms with Crippen LogP contribution >= 0.6 is 0 Å². The first-order valence-electron chi connectivity index (χ1n) is 14.0. The summed E-state index contributed by atoms with van der Waals surface area (Å²) >= 11 is 0. The minimum absolute atomic E-state index is 0.0623. The molecule has 0 saturated heterocycles. The minimum atomic E-state index is 0.0623. The number of rotatable bonds is 0. The first kappa shape index (κ1) is 22.9. The van der Waals surface area contributed by atoms with Crippen LogP contribution in [0.5, 0.6) is 17.2 Å². The third-order valence-electron chi connectivity index (χ3n) is 8.79. The average Bonchev–Trinajstić information content (AvgIpc) is 3.05. The molecule has 0 amide bonds. The molecular weight excluding hydrogens is 476 g/mol. The van der Waals surface area contributed by atoms with Crippen molar-refractivity contribution in [1.29, 1.82) is 0 Å². The van der Waals surface area contributed by atoms with Gasteiger partial charge < -0.3 is 9.47 Å². The SMILES string of the molecule is CC(C)(C)c1ccc2c(c1)OCc1ccc3cc4c5c(ccc6cc-2c1c3c65)Oc1cc(C(C)(C)C)ccc1-4. The molecule has 0 fully saturated rings. The van der Waals surface area contributed by atoms with Crippen LogP contribution in [-0.4, -0.2) is 0 Å². The number of ether oxygens (including phenoxy) is 2. The Morgan fingerprint density at radius 3 is 1.72 bits per heavy atom. The summed E-state index contributed by atoms with van der Waals surface area (Å²) in [5.41, 5.74) is 8.79. The molecule has 0 radical (unpaired) electrons. The molecule has 2 aliphatic rings. The Hall–Kier alpha value is -4.04. The first-order chi connectivity index (χ1) is 18.6. The predicted molar refractivity (Wildman–Crippen MR) is 163 cm³/mol. The van der Waals surface area contributed by atoms with Gasteiger partial charge in [-0.15, -0.1) is 0 Å². The number of benzene rings is 6. The van der Waals surface area contributed by atoms with Crippen LogP contribution in [-0.2, 0) is 17.4 Å². The van der Waals surface area contributed by atoms with E-state index in [2.05, 4.69) is 114 Å². The highest BCUT2D eigenvalue weighted by atomic mass is 16.5. The zero-order valence-corrected chi connectivity index (χ0v) is 23.5. The lowest BCUT2D eigenvalue weighted by molar-refractivity contribution is 0.309. The Morgan fingerprint density at radius 1 is 0.487 bits per heavy atom. The van der Waals surface area contributed by atoms with Gasteiger partial charge in [0.15, 0.2) is 0 Å². The lowest BCUT2D eigenvalue weighted by Crippen LogP contribution is -2.11. The molecule has 0 aromatic heterocycles. The van der Waals surface area contributed by atoms with Gasteiger partial charge in [-0.3, -0.25) is 0 Å². The summed E-state index contributed by atoms with van der Waals surface area (Å²) in [6.45, 7) is 14.1. The molecule has 2 heteroatoms. The van der Waals surface area contributed by atoms with Crippen molar-refractivity contribution >= 4 is 32.3 Å². The van der Waals surface area contributed by atoms with E-state index in [0.29, 0.717) is 6.61 Å². The van der Waals surface area contributed by atoms with Crippen molar-refractivity contribution in [2.24, 2.45) is 0 Å². The topological polar surface area (TPSA) is 18.5 Å². The van der Waals surface area contributed by atoms with Gasteiger partial charge >= 0.3 is 0 Å². The van der Waals surface area contributed by atoms with Crippen molar-refractivity contribution < 1.29 is 9.47 Å². The highest BCUT2D eigenvalue weighted by molar-refractivity contribution is 6.31. The van der Waals surface area contributed by atoms with Gasteiger partial charge in [-0.2, -0.15) is 0 Å². The van der Waals surface area contributed by atoms with Crippen LogP contribution in [0, 0.1) is 0 Å². The van der Waals surface area contributed by atoms with Crippen LogP contribution in [0.3, 0.4) is 0 Å². The van der Waals surface area contributed by atoms with Crippen LogP contribution in [0.1, 0.15) is 58.2 Å². The van der Waals surface area contributed by atoms with E-state index >= 15 is 0 Å². The molecule has 2 aliphatic heterocycles. The molecular formula is C37H32O2. The minimum Gasteiger partial charge on any atom is -0.488 e. The molecule has 0 saturated carbocycles. The molecule has 8 rings (SSSR count). The fourth-order valence-electron chi connectivity index (χ4n) is 6.60. The van der Waals surface area contributed by atoms with Gasteiger partial charge in [-0.1, -0.05) is 84.0 Å². The quantitative estimate of drug-likeness (QED) is 0.190. The van der Waals surface area contributed by atoms with E-state index in [1.165, 1.54) is 71.3 Å². The Morgan fingerprint density at radius 2 is 1.05 bits per heavy atom. The normalized spacial score (nSPS) is 14.2. The third kappa shape index (κ3) is 3.15. The van der Waals surface area contributed by atoms with E-state index in [-0.39, 0.29) is 10.8 Å². The van der Waals surface area contributed by atoms with E-state index < -0.39 is 0 Å². The molecule has 0 N–H and O–H groups in total. The molecule has 192 valence electrons. The molecule has 6 aromatic carbocycles. The summed E-state index contributed by atoms with van der Waals surface area (Å²) in [5, 5.41) is 7.64. The Bertz CT molecular complexity index is 2000. The van der Waals surface area contributed by atoms with Crippen LogP contribution in [0.4, 0.5) is 0 Å². The fraction of sp³-hybridized carbons (Fsp3) is 0.243. The van der Waals surface area contributed by atoms with E-state index in [0.717, 1.165) is 17.2 Å². The summed E-state index contributed by atoms with van der Waals surface area (Å²) < 4.78 is 13.1. The van der Waals surface area contributed by atoms with Gasteiger partial charge in [0.2, 0.25) is 0 Å². The van der Waals surface area contributed by atoms with Crippen molar-refractivity contribution in [3.63, 3.8) is 0 Å². The van der Waals surface area contributed by atoms with Crippen molar-refractivity contribution in [2.45, 2.75) is 59.0 Å². The summed E-state index contributed by atoms with van der Waals surface area (Å²) in [4.78, 5) is 0. The second-order valence-corrected chi connectivity index (χ2v) is 13.4. The second kappa shape index (κ2) is 7.33. The van der Waals surface area contributed by atoms with E-state index in [1.54, 1.807) is 0 Å². The van der Waals surface area contributed by atoms with Gasteiger partial charge in [0.05, 0.1) is 0 Å². The van der Waals surface area contributed by atoms with Crippen molar-refractivity contribution in [2.75, 3.05) is 0 Å².